The van der Waals surface area contributed by atoms with Crippen molar-refractivity contribution in [2.45, 2.75) is 38.1 Å². The number of nitrogens with one attached hydrogen (secondary N) is 1. The van der Waals surface area contributed by atoms with Gasteiger partial charge in [-0.25, -0.2) is 0 Å². The Hall–Kier alpha value is -1.19. The first-order valence-electron chi connectivity index (χ1n) is 7.69. The average molecular weight is 345 g/mol. The maximum atomic E-state index is 4.65. The fraction of sp³-hybridized carbons (Fsp3) is 0.389. The molecule has 1 aliphatic rings. The number of aromatic nitrogens is 1. The van der Waals surface area contributed by atoms with Crippen molar-refractivity contribution < 1.29 is 0 Å². The molecule has 3 rings (SSSR count). The molecule has 0 amide bonds. The quantitative estimate of drug-likeness (QED) is 0.883. The molecule has 1 aliphatic carbocycles. The second-order valence-electron chi connectivity index (χ2n) is 5.69. The third kappa shape index (κ3) is 3.35. The Bertz CT molecular complexity index is 594. The zero-order valence-corrected chi connectivity index (χ0v) is 13.9. The van der Waals surface area contributed by atoms with Crippen LogP contribution in [0.3, 0.4) is 0 Å². The largest absolute Gasteiger partial charge is 0.313 e. The van der Waals surface area contributed by atoms with Crippen molar-refractivity contribution in [2.24, 2.45) is 0 Å². The van der Waals surface area contributed by atoms with E-state index in [0.29, 0.717) is 12.0 Å². The molecule has 0 saturated carbocycles. The highest BCUT2D eigenvalue weighted by Gasteiger charge is 2.30. The number of pyridine rings is 1. The maximum absolute atomic E-state index is 4.65. The lowest BCUT2D eigenvalue weighted by atomic mass is 9.91. The lowest BCUT2D eigenvalue weighted by Gasteiger charge is -2.25. The summed E-state index contributed by atoms with van der Waals surface area (Å²) in [7, 11) is 0. The van der Waals surface area contributed by atoms with Crippen molar-refractivity contribution in [3.8, 4) is 0 Å². The van der Waals surface area contributed by atoms with E-state index in [2.05, 4.69) is 69.6 Å². The van der Waals surface area contributed by atoms with Crippen molar-refractivity contribution >= 4 is 15.9 Å². The number of nitrogens with zero attached hydrogens (tertiary/aromatic N) is 1. The molecule has 3 heteroatoms. The fourth-order valence-electron chi connectivity index (χ4n) is 3.33. The van der Waals surface area contributed by atoms with E-state index in [0.717, 1.165) is 23.9 Å². The predicted octanol–water partition coefficient (Wildman–Crippen LogP) is 4.09. The van der Waals surface area contributed by atoms with E-state index in [-0.39, 0.29) is 0 Å². The Morgan fingerprint density at radius 2 is 2.10 bits per heavy atom. The van der Waals surface area contributed by atoms with Gasteiger partial charge in [-0.05, 0) is 55.1 Å². The van der Waals surface area contributed by atoms with Crippen LogP contribution >= 0.6 is 15.9 Å². The Kier molecular flexibility index (Phi) is 4.71. The lowest BCUT2D eigenvalue weighted by molar-refractivity contribution is 0.430. The topological polar surface area (TPSA) is 24.9 Å². The molecule has 1 heterocycles. The average Bonchev–Trinajstić information content (AvgIpc) is 2.93. The fourth-order valence-corrected chi connectivity index (χ4v) is 3.59. The maximum Gasteiger partial charge on any atom is 0.0482 e. The van der Waals surface area contributed by atoms with Crippen LogP contribution in [0.5, 0.6) is 0 Å². The van der Waals surface area contributed by atoms with Crippen LogP contribution in [0.2, 0.25) is 0 Å². The van der Waals surface area contributed by atoms with Gasteiger partial charge in [-0.1, -0.05) is 41.1 Å². The first kappa shape index (κ1) is 14.7. The Morgan fingerprint density at radius 1 is 1.29 bits per heavy atom. The number of hydrogen-bond donors (Lipinski definition) is 1. The molecule has 2 nitrogen and oxygen atoms in total. The van der Waals surface area contributed by atoms with Crippen LogP contribution in [0.25, 0.3) is 0 Å². The van der Waals surface area contributed by atoms with E-state index in [4.69, 9.17) is 0 Å². The molecule has 0 fully saturated rings. The number of hydrogen-bond acceptors (Lipinski definition) is 2. The van der Waals surface area contributed by atoms with Gasteiger partial charge in [0, 0.05) is 28.3 Å². The number of benzene rings is 1. The highest BCUT2D eigenvalue weighted by atomic mass is 79.9. The Balaban J connectivity index is 1.80. The number of rotatable bonds is 5. The number of halogens is 1. The standard InChI is InChI=1S/C18H21BrN2/c1-2-20-17(12-13-5-8-15(19)9-6-13)16-10-7-14-4-3-11-21-18(14)16/h3-6,8-9,11,16-17,20H,2,7,10,12H2,1H3. The first-order chi connectivity index (χ1) is 10.3. The van der Waals surface area contributed by atoms with E-state index in [1.165, 1.54) is 23.2 Å². The molecule has 1 N–H and O–H groups in total. The predicted molar refractivity (Wildman–Crippen MR) is 90.6 cm³/mol. The summed E-state index contributed by atoms with van der Waals surface area (Å²) >= 11 is 3.50. The molecule has 2 atom stereocenters. The normalized spacial score (nSPS) is 18.5. The van der Waals surface area contributed by atoms with Crippen LogP contribution < -0.4 is 5.32 Å². The van der Waals surface area contributed by atoms with Crippen molar-refractivity contribution in [1.82, 2.24) is 10.3 Å². The molecule has 1 aromatic carbocycles. The van der Waals surface area contributed by atoms with Crippen LogP contribution in [0.1, 0.15) is 36.1 Å². The van der Waals surface area contributed by atoms with Crippen molar-refractivity contribution in [3.05, 3.63) is 63.9 Å². The van der Waals surface area contributed by atoms with Crippen LogP contribution in [0.15, 0.2) is 47.1 Å². The van der Waals surface area contributed by atoms with Gasteiger partial charge in [0.25, 0.3) is 0 Å². The van der Waals surface area contributed by atoms with Gasteiger partial charge >= 0.3 is 0 Å². The third-order valence-electron chi connectivity index (χ3n) is 4.32. The highest BCUT2D eigenvalue weighted by molar-refractivity contribution is 9.10. The van der Waals surface area contributed by atoms with Crippen molar-refractivity contribution in [3.63, 3.8) is 0 Å². The van der Waals surface area contributed by atoms with Crippen molar-refractivity contribution in [1.29, 1.82) is 0 Å². The molecule has 21 heavy (non-hydrogen) atoms. The van der Waals surface area contributed by atoms with E-state index >= 15 is 0 Å². The summed E-state index contributed by atoms with van der Waals surface area (Å²) in [6.07, 6.45) is 5.36. The van der Waals surface area contributed by atoms with Crippen LogP contribution in [0.4, 0.5) is 0 Å². The van der Waals surface area contributed by atoms with Crippen LogP contribution in [-0.2, 0) is 12.8 Å². The zero-order valence-electron chi connectivity index (χ0n) is 12.3. The zero-order chi connectivity index (χ0) is 14.7. The molecule has 0 radical (unpaired) electrons. The van der Waals surface area contributed by atoms with Gasteiger partial charge in [0.15, 0.2) is 0 Å². The van der Waals surface area contributed by atoms with Gasteiger partial charge in [-0.15, -0.1) is 0 Å². The Morgan fingerprint density at radius 3 is 2.86 bits per heavy atom. The van der Waals surface area contributed by atoms with Crippen molar-refractivity contribution in [2.75, 3.05) is 6.54 Å². The lowest BCUT2D eigenvalue weighted by Crippen LogP contribution is -2.36. The molecular formula is C18H21BrN2. The van der Waals surface area contributed by atoms with Gasteiger partial charge in [0.1, 0.15) is 0 Å². The number of fused-ring (bicyclic) bond motifs is 1. The summed E-state index contributed by atoms with van der Waals surface area (Å²) in [6.45, 7) is 3.18. The summed E-state index contributed by atoms with van der Waals surface area (Å²) in [6, 6.07) is 13.4. The highest BCUT2D eigenvalue weighted by Crippen LogP contribution is 2.34. The molecule has 110 valence electrons. The third-order valence-corrected chi connectivity index (χ3v) is 4.85. The summed E-state index contributed by atoms with van der Waals surface area (Å²) in [5.74, 6) is 0.532. The van der Waals surface area contributed by atoms with Gasteiger partial charge in [-0.3, -0.25) is 4.98 Å². The minimum Gasteiger partial charge on any atom is -0.313 e. The summed E-state index contributed by atoms with van der Waals surface area (Å²) in [5.41, 5.74) is 4.12. The SMILES string of the molecule is CCNC(Cc1ccc(Br)cc1)C1CCc2cccnc21. The molecule has 2 unspecified atom stereocenters. The minimum absolute atomic E-state index is 0.465. The molecule has 0 saturated heterocycles. The van der Waals surface area contributed by atoms with E-state index in [9.17, 15) is 0 Å². The van der Waals surface area contributed by atoms with Gasteiger partial charge in [-0.2, -0.15) is 0 Å². The van der Waals surface area contributed by atoms with Crippen LogP contribution in [-0.4, -0.2) is 17.6 Å². The Labute approximate surface area is 135 Å². The molecule has 0 bridgehead atoms. The molecule has 2 aromatic rings. The molecule has 0 spiro atoms. The van der Waals surface area contributed by atoms with E-state index in [1.54, 1.807) is 0 Å². The summed E-state index contributed by atoms with van der Waals surface area (Å²) in [4.78, 5) is 4.65. The van der Waals surface area contributed by atoms with Gasteiger partial charge in [0.2, 0.25) is 0 Å². The monoisotopic (exact) mass is 344 g/mol. The smallest absolute Gasteiger partial charge is 0.0482 e. The van der Waals surface area contributed by atoms with Crippen LogP contribution in [0, 0.1) is 0 Å². The molecule has 1 aromatic heterocycles. The first-order valence-corrected chi connectivity index (χ1v) is 8.49. The summed E-state index contributed by atoms with van der Waals surface area (Å²) in [5, 5.41) is 3.68. The molecular weight excluding hydrogens is 324 g/mol. The number of aryl methyl sites for hydroxylation is 1. The summed E-state index contributed by atoms with van der Waals surface area (Å²) < 4.78 is 1.14. The second-order valence-corrected chi connectivity index (χ2v) is 6.60. The minimum atomic E-state index is 0.465. The van der Waals surface area contributed by atoms with Gasteiger partial charge in [0.05, 0.1) is 0 Å². The second kappa shape index (κ2) is 6.71. The van der Waals surface area contributed by atoms with E-state index < -0.39 is 0 Å². The molecule has 0 aliphatic heterocycles. The number of likely N-dealkylation sites (N-methyl/N-ethyl adjacent to an activating group) is 1. The van der Waals surface area contributed by atoms with E-state index in [1.807, 2.05) is 6.20 Å². The van der Waals surface area contributed by atoms with Gasteiger partial charge < -0.3 is 5.32 Å².